The zero-order valence-electron chi connectivity index (χ0n) is 13.2. The third-order valence-corrected chi connectivity index (χ3v) is 9.10. The summed E-state index contributed by atoms with van der Waals surface area (Å²) in [5, 5.41) is 9.68. The molecule has 1 saturated heterocycles. The Bertz CT molecular complexity index is 708. The van der Waals surface area contributed by atoms with Crippen LogP contribution in [0.2, 0.25) is 0 Å². The summed E-state index contributed by atoms with van der Waals surface area (Å²) >= 11 is 7.28. The number of hydrogen-bond acceptors (Lipinski definition) is 3. The lowest BCUT2D eigenvalue weighted by atomic mass is 9.81. The van der Waals surface area contributed by atoms with Gasteiger partial charge in [0.25, 0.3) is 0 Å². The molecule has 3 fully saturated rings. The number of halogens is 2. The molecular weight excluding hydrogens is 454 g/mol. The van der Waals surface area contributed by atoms with E-state index in [1.54, 1.807) is 0 Å². The highest BCUT2D eigenvalue weighted by Crippen LogP contribution is 2.60. The number of benzene rings is 1. The molecule has 25 heavy (non-hydrogen) atoms. The second-order valence-electron chi connectivity index (χ2n) is 7.09. The minimum Gasteiger partial charge on any atom is -0.480 e. The summed E-state index contributed by atoms with van der Waals surface area (Å²) in [7, 11) is 0. The van der Waals surface area contributed by atoms with Crippen LogP contribution >= 0.6 is 31.9 Å². The molecule has 4 rings (SSSR count). The van der Waals surface area contributed by atoms with Gasteiger partial charge in [0.05, 0.1) is 11.8 Å². The van der Waals surface area contributed by atoms with Crippen molar-refractivity contribution >= 4 is 49.6 Å². The van der Waals surface area contributed by atoms with Crippen molar-refractivity contribution in [1.29, 1.82) is 0 Å². The predicted molar refractivity (Wildman–Crippen MR) is 97.4 cm³/mol. The fourth-order valence-electron chi connectivity index (χ4n) is 4.81. The first kappa shape index (κ1) is 17.2. The fraction of sp³-hybridized carbons (Fsp3) is 0.500. The van der Waals surface area contributed by atoms with Crippen LogP contribution in [0.4, 0.5) is 0 Å². The van der Waals surface area contributed by atoms with E-state index in [4.69, 9.17) is 0 Å². The number of amides is 2. The van der Waals surface area contributed by atoms with Gasteiger partial charge in [-0.25, -0.2) is 4.79 Å². The van der Waals surface area contributed by atoms with Crippen molar-refractivity contribution in [3.8, 4) is 0 Å². The Balaban J connectivity index is 1.65. The van der Waals surface area contributed by atoms with Gasteiger partial charge in [0.2, 0.25) is 11.8 Å². The third kappa shape index (κ3) is 2.50. The van der Waals surface area contributed by atoms with Gasteiger partial charge < -0.3 is 5.11 Å². The predicted octanol–water partition coefficient (Wildman–Crippen LogP) is 2.46. The number of hydrogen-bond donors (Lipinski definition) is 1. The Morgan fingerprint density at radius 3 is 2.08 bits per heavy atom. The number of alkyl halides is 2. The quantitative estimate of drug-likeness (QED) is 0.541. The molecule has 2 saturated carbocycles. The van der Waals surface area contributed by atoms with Crippen molar-refractivity contribution < 1.29 is 19.5 Å². The second-order valence-corrected chi connectivity index (χ2v) is 9.21. The largest absolute Gasteiger partial charge is 0.480 e. The van der Waals surface area contributed by atoms with Gasteiger partial charge in [-0.05, 0) is 23.8 Å². The molecule has 0 spiro atoms. The zero-order chi connectivity index (χ0) is 17.9. The van der Waals surface area contributed by atoms with E-state index in [2.05, 4.69) is 31.9 Å². The van der Waals surface area contributed by atoms with Crippen LogP contribution in [0, 0.1) is 23.7 Å². The lowest BCUT2D eigenvalue weighted by Crippen LogP contribution is -2.47. The monoisotopic (exact) mass is 469 g/mol. The molecule has 2 aliphatic carbocycles. The van der Waals surface area contributed by atoms with Gasteiger partial charge in [-0.3, -0.25) is 14.5 Å². The highest BCUT2D eigenvalue weighted by Gasteiger charge is 2.67. The number of nitrogens with zero attached hydrogens (tertiary/aromatic N) is 1. The molecule has 0 radical (unpaired) electrons. The van der Waals surface area contributed by atoms with Gasteiger partial charge in [-0.15, -0.1) is 0 Å². The number of carbonyl (C=O) groups is 3. The minimum absolute atomic E-state index is 0.0898. The summed E-state index contributed by atoms with van der Waals surface area (Å²) in [6.07, 6.45) is 0.973. The van der Waals surface area contributed by atoms with Crippen LogP contribution in [-0.4, -0.2) is 43.5 Å². The molecule has 1 heterocycles. The summed E-state index contributed by atoms with van der Waals surface area (Å²) in [5.41, 5.74) is 0.798. The number of rotatable bonds is 4. The van der Waals surface area contributed by atoms with E-state index < -0.39 is 12.0 Å². The van der Waals surface area contributed by atoms with Gasteiger partial charge >= 0.3 is 5.97 Å². The highest BCUT2D eigenvalue weighted by atomic mass is 79.9. The molecule has 1 N–H and O–H groups in total. The number of carboxylic acid groups (broad SMARTS) is 1. The number of aliphatic carboxylic acids is 1. The molecule has 5 nitrogen and oxygen atoms in total. The van der Waals surface area contributed by atoms with Crippen LogP contribution in [0.3, 0.4) is 0 Å². The van der Waals surface area contributed by atoms with Gasteiger partial charge in [0, 0.05) is 16.1 Å². The molecule has 0 aromatic heterocycles. The second kappa shape index (κ2) is 6.20. The van der Waals surface area contributed by atoms with Crippen molar-refractivity contribution in [3.63, 3.8) is 0 Å². The fourth-order valence-corrected chi connectivity index (χ4v) is 6.68. The van der Waals surface area contributed by atoms with Crippen molar-refractivity contribution in [2.24, 2.45) is 23.7 Å². The molecule has 1 aromatic carbocycles. The number of imide groups is 1. The van der Waals surface area contributed by atoms with Crippen molar-refractivity contribution in [2.75, 3.05) is 0 Å². The number of carboxylic acids is 1. The van der Waals surface area contributed by atoms with E-state index in [1.165, 1.54) is 0 Å². The molecule has 1 aliphatic heterocycles. The van der Waals surface area contributed by atoms with Crippen LogP contribution in [0.25, 0.3) is 0 Å². The van der Waals surface area contributed by atoms with Crippen LogP contribution in [0.15, 0.2) is 30.3 Å². The lowest BCUT2D eigenvalue weighted by molar-refractivity contribution is -0.155. The van der Waals surface area contributed by atoms with Crippen molar-refractivity contribution in [3.05, 3.63) is 35.9 Å². The van der Waals surface area contributed by atoms with Crippen molar-refractivity contribution in [1.82, 2.24) is 4.90 Å². The average molecular weight is 471 g/mol. The Kier molecular flexibility index (Phi) is 4.27. The normalized spacial score (nSPS) is 37.4. The Morgan fingerprint density at radius 2 is 1.60 bits per heavy atom. The number of fused-ring (bicyclic) bond motifs is 5. The summed E-state index contributed by atoms with van der Waals surface area (Å²) < 4.78 is 0. The van der Waals surface area contributed by atoms with Crippen LogP contribution < -0.4 is 0 Å². The van der Waals surface area contributed by atoms with Crippen LogP contribution in [0.5, 0.6) is 0 Å². The highest BCUT2D eigenvalue weighted by molar-refractivity contribution is 9.12. The molecule has 132 valence electrons. The topological polar surface area (TPSA) is 74.7 Å². The average Bonchev–Trinajstić information content (AvgIpc) is 3.19. The lowest BCUT2D eigenvalue weighted by Gasteiger charge is -2.28. The van der Waals surface area contributed by atoms with E-state index in [0.29, 0.717) is 0 Å². The first-order chi connectivity index (χ1) is 11.9. The molecule has 0 unspecified atom stereocenters. The molecule has 7 heteroatoms. The molecular formula is C18H17Br2NO4. The smallest absolute Gasteiger partial charge is 0.327 e. The Labute approximate surface area is 162 Å². The maximum Gasteiger partial charge on any atom is 0.327 e. The van der Waals surface area contributed by atoms with Gasteiger partial charge in [-0.2, -0.15) is 0 Å². The van der Waals surface area contributed by atoms with Crippen LogP contribution in [0.1, 0.15) is 12.0 Å². The zero-order valence-corrected chi connectivity index (χ0v) is 16.4. The van der Waals surface area contributed by atoms with Crippen LogP contribution in [-0.2, 0) is 20.8 Å². The molecule has 2 amide bonds. The summed E-state index contributed by atoms with van der Waals surface area (Å²) in [6, 6.07) is 7.97. The summed E-state index contributed by atoms with van der Waals surface area (Å²) in [4.78, 5) is 39.1. The third-order valence-electron chi connectivity index (χ3n) is 5.89. The Morgan fingerprint density at radius 1 is 1.08 bits per heavy atom. The summed E-state index contributed by atoms with van der Waals surface area (Å²) in [6.45, 7) is 0. The van der Waals surface area contributed by atoms with E-state index >= 15 is 0 Å². The van der Waals surface area contributed by atoms with Crippen molar-refractivity contribution in [2.45, 2.75) is 28.5 Å². The molecule has 7 atom stereocenters. The SMILES string of the molecule is O=C(O)[C@@H](Cc1ccccc1)N1C(=O)[C@H]2[C@@H]3C[C@@H]([C@@H](Br)[C@@H]3Br)[C@@H]2C1=O. The van der Waals surface area contributed by atoms with E-state index in [-0.39, 0.29) is 51.6 Å². The van der Waals surface area contributed by atoms with Gasteiger partial charge in [-0.1, -0.05) is 62.2 Å². The maximum atomic E-state index is 13.0. The molecule has 3 aliphatic rings. The number of carbonyl (C=O) groups excluding carboxylic acids is 2. The first-order valence-electron chi connectivity index (χ1n) is 8.33. The first-order valence-corrected chi connectivity index (χ1v) is 10.2. The van der Waals surface area contributed by atoms with E-state index in [9.17, 15) is 19.5 Å². The minimum atomic E-state index is -1.14. The maximum absolute atomic E-state index is 13.0. The standard InChI is InChI=1S/C18H17Br2NO4/c19-14-9-7-10(15(14)20)13-12(9)16(22)21(17(13)23)11(18(24)25)6-8-4-2-1-3-5-8/h1-5,9-15H,6-7H2,(H,24,25)/t9-,10+,11-,12+,13+,14-,15-/m1/s1. The van der Waals surface area contributed by atoms with Gasteiger partial charge in [0.1, 0.15) is 6.04 Å². The number of likely N-dealkylation sites (tertiary alicyclic amines) is 1. The Hall–Kier alpha value is -1.21. The molecule has 1 aromatic rings. The summed E-state index contributed by atoms with van der Waals surface area (Å²) in [5.74, 6) is -2.34. The molecule has 2 bridgehead atoms. The van der Waals surface area contributed by atoms with Gasteiger partial charge in [0.15, 0.2) is 0 Å². The van der Waals surface area contributed by atoms with E-state index in [0.717, 1.165) is 16.9 Å². The van der Waals surface area contributed by atoms with E-state index in [1.807, 2.05) is 30.3 Å².